The molecule has 1 aromatic carbocycles. The Hall–Kier alpha value is -2.54. The minimum absolute atomic E-state index is 0.0882. The van der Waals surface area contributed by atoms with Crippen LogP contribution >= 0.6 is 11.3 Å². The summed E-state index contributed by atoms with van der Waals surface area (Å²) < 4.78 is 0. The maximum Gasteiger partial charge on any atom is 0.229 e. The van der Waals surface area contributed by atoms with Gasteiger partial charge in [-0.3, -0.25) is 19.3 Å². The number of anilines is 1. The van der Waals surface area contributed by atoms with E-state index in [1.54, 1.807) is 6.20 Å². The topological polar surface area (TPSA) is 79.4 Å². The number of aromatic nitrogens is 1. The molecule has 0 bridgehead atoms. The number of benzene rings is 1. The number of nitrogens with one attached hydrogen (secondary N) is 1. The highest BCUT2D eigenvalue weighted by Gasteiger charge is 2.28. The minimum Gasteiger partial charge on any atom is -0.302 e. The van der Waals surface area contributed by atoms with E-state index in [2.05, 4.69) is 41.5 Å². The summed E-state index contributed by atoms with van der Waals surface area (Å²) in [6.45, 7) is 2.26. The van der Waals surface area contributed by atoms with Crippen LogP contribution in [0.1, 0.15) is 42.2 Å². The third kappa shape index (κ3) is 4.54. The molecule has 0 atom stereocenters. The van der Waals surface area contributed by atoms with Crippen LogP contribution in [0.4, 0.5) is 5.13 Å². The van der Waals surface area contributed by atoms with E-state index in [1.807, 2.05) is 0 Å². The Bertz CT molecular complexity index is 798. The van der Waals surface area contributed by atoms with E-state index < -0.39 is 0 Å². The fraction of sp³-hybridized carbons (Fsp3) is 0.368. The molecule has 26 heavy (non-hydrogen) atoms. The molecule has 0 unspecified atom stereocenters. The number of aryl methyl sites for hydroxylation is 1. The molecule has 0 aliphatic carbocycles. The number of thiazole rings is 1. The molecule has 2 aromatic rings. The van der Waals surface area contributed by atoms with Crippen molar-refractivity contribution in [2.24, 2.45) is 0 Å². The van der Waals surface area contributed by atoms with E-state index in [9.17, 15) is 14.4 Å². The van der Waals surface area contributed by atoms with Gasteiger partial charge in [0, 0.05) is 43.3 Å². The lowest BCUT2D eigenvalue weighted by Crippen LogP contribution is -2.32. The summed E-state index contributed by atoms with van der Waals surface area (Å²) in [4.78, 5) is 41.6. The Morgan fingerprint density at radius 1 is 1.15 bits per heavy atom. The molecule has 1 fully saturated rings. The Kier molecular flexibility index (Phi) is 5.78. The van der Waals surface area contributed by atoms with Gasteiger partial charge in [-0.05, 0) is 17.5 Å². The highest BCUT2D eigenvalue weighted by Crippen LogP contribution is 2.22. The second-order valence-corrected chi connectivity index (χ2v) is 7.33. The van der Waals surface area contributed by atoms with Crippen molar-refractivity contribution in [3.63, 3.8) is 0 Å². The smallest absolute Gasteiger partial charge is 0.229 e. The van der Waals surface area contributed by atoms with Crippen LogP contribution in [0.3, 0.4) is 0 Å². The second kappa shape index (κ2) is 8.23. The van der Waals surface area contributed by atoms with Crippen molar-refractivity contribution < 1.29 is 14.4 Å². The van der Waals surface area contributed by atoms with Crippen molar-refractivity contribution in [3.8, 4) is 0 Å². The van der Waals surface area contributed by atoms with Crippen molar-refractivity contribution in [2.75, 3.05) is 11.9 Å². The summed E-state index contributed by atoms with van der Waals surface area (Å²) in [7, 11) is 0. The molecule has 1 aliphatic rings. The molecule has 0 spiro atoms. The number of carbonyl (C=O) groups excluding carboxylic acids is 3. The van der Waals surface area contributed by atoms with Crippen LogP contribution in [0.2, 0.25) is 0 Å². The maximum atomic E-state index is 12.0. The lowest BCUT2D eigenvalue weighted by atomic mass is 10.1. The van der Waals surface area contributed by atoms with Crippen molar-refractivity contribution in [1.82, 2.24) is 9.88 Å². The van der Waals surface area contributed by atoms with E-state index in [4.69, 9.17) is 0 Å². The maximum absolute atomic E-state index is 12.0. The van der Waals surface area contributed by atoms with E-state index >= 15 is 0 Å². The first-order valence-corrected chi connectivity index (χ1v) is 9.52. The highest BCUT2D eigenvalue weighted by atomic mass is 32.1. The van der Waals surface area contributed by atoms with E-state index in [1.165, 1.54) is 22.5 Å². The number of carbonyl (C=O) groups is 3. The van der Waals surface area contributed by atoms with Crippen LogP contribution in [0, 0.1) is 0 Å². The highest BCUT2D eigenvalue weighted by molar-refractivity contribution is 7.15. The first kappa shape index (κ1) is 18.3. The lowest BCUT2D eigenvalue weighted by Gasteiger charge is -2.12. The zero-order valence-electron chi connectivity index (χ0n) is 14.7. The summed E-state index contributed by atoms with van der Waals surface area (Å²) in [5, 5.41) is 3.28. The van der Waals surface area contributed by atoms with Crippen molar-refractivity contribution in [2.45, 2.75) is 39.0 Å². The van der Waals surface area contributed by atoms with Gasteiger partial charge in [-0.2, -0.15) is 0 Å². The number of imide groups is 1. The van der Waals surface area contributed by atoms with Gasteiger partial charge in [0.05, 0.1) is 0 Å². The number of hydrogen-bond acceptors (Lipinski definition) is 5. The summed E-state index contributed by atoms with van der Waals surface area (Å²) in [6, 6.07) is 8.47. The number of nitrogens with zero attached hydrogens (tertiary/aromatic N) is 2. The average Bonchev–Trinajstić information content (AvgIpc) is 3.20. The molecular formula is C19H21N3O3S. The van der Waals surface area contributed by atoms with Gasteiger partial charge in [-0.1, -0.05) is 31.2 Å². The van der Waals surface area contributed by atoms with Crippen LogP contribution in [0.5, 0.6) is 0 Å². The first-order valence-electron chi connectivity index (χ1n) is 8.70. The molecule has 7 heteroatoms. The standard InChI is InChI=1S/C19H21N3O3S/c1-2-13-3-5-14(6-4-13)11-15-12-20-19(26-15)21-16(23)9-10-22-17(24)7-8-18(22)25/h3-6,12H,2,7-11H2,1H3,(H,20,21,23). The molecule has 1 aromatic heterocycles. The fourth-order valence-electron chi connectivity index (χ4n) is 2.81. The monoisotopic (exact) mass is 371 g/mol. The summed E-state index contributed by atoms with van der Waals surface area (Å²) >= 11 is 1.43. The molecule has 136 valence electrons. The fourth-order valence-corrected chi connectivity index (χ4v) is 3.67. The number of hydrogen-bond donors (Lipinski definition) is 1. The summed E-state index contributed by atoms with van der Waals surface area (Å²) in [6.07, 6.45) is 4.14. The van der Waals surface area contributed by atoms with Gasteiger partial charge in [0.25, 0.3) is 0 Å². The van der Waals surface area contributed by atoms with Gasteiger partial charge in [0.15, 0.2) is 5.13 Å². The minimum atomic E-state index is -0.245. The lowest BCUT2D eigenvalue weighted by molar-refractivity contribution is -0.138. The second-order valence-electron chi connectivity index (χ2n) is 6.22. The molecular weight excluding hydrogens is 350 g/mol. The van der Waals surface area contributed by atoms with Gasteiger partial charge in [-0.25, -0.2) is 4.98 Å². The molecule has 1 N–H and O–H groups in total. The van der Waals surface area contributed by atoms with E-state index in [-0.39, 0.29) is 43.5 Å². The van der Waals surface area contributed by atoms with Gasteiger partial charge in [-0.15, -0.1) is 11.3 Å². The van der Waals surface area contributed by atoms with Crippen molar-refractivity contribution in [3.05, 3.63) is 46.5 Å². The van der Waals surface area contributed by atoms with Gasteiger partial charge >= 0.3 is 0 Å². The molecule has 6 nitrogen and oxygen atoms in total. The van der Waals surface area contributed by atoms with Gasteiger partial charge < -0.3 is 5.32 Å². The van der Waals surface area contributed by atoms with Crippen LogP contribution in [0.15, 0.2) is 30.5 Å². The number of rotatable bonds is 7. The molecule has 0 radical (unpaired) electrons. The molecule has 1 aliphatic heterocycles. The van der Waals surface area contributed by atoms with Gasteiger partial charge in [0.2, 0.25) is 17.7 Å². The quantitative estimate of drug-likeness (QED) is 0.759. The Morgan fingerprint density at radius 3 is 2.46 bits per heavy atom. The first-order chi connectivity index (χ1) is 12.5. The summed E-state index contributed by atoms with van der Waals surface area (Å²) in [5.74, 6) is -0.646. The van der Waals surface area contributed by atoms with Crippen LogP contribution < -0.4 is 5.32 Å². The molecule has 3 amide bonds. The normalized spacial score (nSPS) is 14.1. The Morgan fingerprint density at radius 2 is 1.81 bits per heavy atom. The zero-order chi connectivity index (χ0) is 18.5. The SMILES string of the molecule is CCc1ccc(Cc2cnc(NC(=O)CCN3C(=O)CCC3=O)s2)cc1. The van der Waals surface area contributed by atoms with E-state index in [0.717, 1.165) is 22.6 Å². The third-order valence-corrected chi connectivity index (χ3v) is 5.24. The predicted molar refractivity (Wildman–Crippen MR) is 99.9 cm³/mol. The van der Waals surface area contributed by atoms with Crippen LogP contribution in [0.25, 0.3) is 0 Å². The largest absolute Gasteiger partial charge is 0.302 e. The van der Waals surface area contributed by atoms with Crippen molar-refractivity contribution in [1.29, 1.82) is 0 Å². The summed E-state index contributed by atoms with van der Waals surface area (Å²) in [5.41, 5.74) is 2.51. The predicted octanol–water partition coefficient (Wildman–Crippen LogP) is 2.77. The number of likely N-dealkylation sites (tertiary alicyclic amines) is 1. The van der Waals surface area contributed by atoms with Crippen LogP contribution in [-0.4, -0.2) is 34.2 Å². The number of amides is 3. The average molecular weight is 371 g/mol. The third-order valence-electron chi connectivity index (χ3n) is 4.33. The van der Waals surface area contributed by atoms with Gasteiger partial charge in [0.1, 0.15) is 0 Å². The molecule has 1 saturated heterocycles. The Labute approximate surface area is 156 Å². The Balaban J connectivity index is 1.50. The van der Waals surface area contributed by atoms with E-state index in [0.29, 0.717) is 5.13 Å². The van der Waals surface area contributed by atoms with Crippen molar-refractivity contribution >= 4 is 34.2 Å². The molecule has 3 rings (SSSR count). The molecule has 2 heterocycles. The zero-order valence-corrected chi connectivity index (χ0v) is 15.5. The van der Waals surface area contributed by atoms with Crippen LogP contribution in [-0.2, 0) is 27.2 Å². The molecule has 0 saturated carbocycles.